The van der Waals surface area contributed by atoms with Crippen molar-refractivity contribution in [1.29, 1.82) is 0 Å². The fraction of sp³-hybridized carbons (Fsp3) is 0.692. The molecule has 0 saturated carbocycles. The van der Waals surface area contributed by atoms with Gasteiger partial charge in [0.2, 0.25) is 0 Å². The molecule has 0 aromatic carbocycles. The molecule has 0 radical (unpaired) electrons. The number of rotatable bonds is 7. The van der Waals surface area contributed by atoms with E-state index in [1.165, 1.54) is 12.2 Å². The summed E-state index contributed by atoms with van der Waals surface area (Å²) in [5.41, 5.74) is -1.52. The van der Waals surface area contributed by atoms with Gasteiger partial charge in [-0.15, -0.1) is 23.2 Å². The second kappa shape index (κ2) is 8.43. The zero-order chi connectivity index (χ0) is 15.1. The second-order valence-corrected chi connectivity index (χ2v) is 5.32. The molecule has 4 nitrogen and oxygen atoms in total. The monoisotopic (exact) mass is 310 g/mol. The molecule has 0 amide bonds. The second-order valence-electron chi connectivity index (χ2n) is 4.16. The van der Waals surface area contributed by atoms with E-state index in [-0.39, 0.29) is 19.1 Å². The van der Waals surface area contributed by atoms with Crippen LogP contribution in [0.25, 0.3) is 0 Å². The number of halogens is 2. The Labute approximate surface area is 124 Å². The van der Waals surface area contributed by atoms with Crippen molar-refractivity contribution >= 4 is 35.1 Å². The van der Waals surface area contributed by atoms with Crippen molar-refractivity contribution in [2.75, 3.05) is 13.2 Å². The van der Waals surface area contributed by atoms with Gasteiger partial charge in [-0.05, 0) is 19.8 Å². The molecule has 0 fully saturated rings. The van der Waals surface area contributed by atoms with E-state index < -0.39 is 22.2 Å². The van der Waals surface area contributed by atoms with E-state index in [1.54, 1.807) is 27.7 Å². The molecule has 0 aliphatic carbocycles. The Morgan fingerprint density at radius 1 is 1.11 bits per heavy atom. The molecule has 0 spiro atoms. The predicted molar refractivity (Wildman–Crippen MR) is 75.2 cm³/mol. The minimum atomic E-state index is -1.52. The van der Waals surface area contributed by atoms with Crippen LogP contribution in [-0.4, -0.2) is 30.0 Å². The Kier molecular flexibility index (Phi) is 8.11. The number of hydrogen-bond acceptors (Lipinski definition) is 4. The third-order valence-corrected chi connectivity index (χ3v) is 2.93. The summed E-state index contributed by atoms with van der Waals surface area (Å²) in [4.78, 5) is 23.5. The normalized spacial score (nSPS) is 12.2. The lowest BCUT2D eigenvalue weighted by atomic mass is 9.76. The lowest BCUT2D eigenvalue weighted by molar-refractivity contribution is -0.171. The Bertz CT molecular complexity index is 320. The highest BCUT2D eigenvalue weighted by atomic mass is 35.5. The van der Waals surface area contributed by atoms with Crippen molar-refractivity contribution in [3.05, 3.63) is 12.2 Å². The summed E-state index contributed by atoms with van der Waals surface area (Å²) in [6.45, 7) is 7.15. The summed E-state index contributed by atoms with van der Waals surface area (Å²) in [5, 5.41) is 0. The van der Waals surface area contributed by atoms with Gasteiger partial charge in [0.05, 0.1) is 13.2 Å². The van der Waals surface area contributed by atoms with Gasteiger partial charge >= 0.3 is 11.9 Å². The summed E-state index contributed by atoms with van der Waals surface area (Å²) in [6, 6.07) is 0. The highest BCUT2D eigenvalue weighted by Crippen LogP contribution is 2.33. The molecule has 0 atom stereocenters. The molecule has 0 unspecified atom stereocenters. The number of carbonyl (C=O) groups excluding carboxylic acids is 2. The maximum Gasteiger partial charge on any atom is 0.327 e. The third-order valence-electron chi connectivity index (χ3n) is 2.64. The Morgan fingerprint density at radius 3 is 1.79 bits per heavy atom. The van der Waals surface area contributed by atoms with Gasteiger partial charge in [0.25, 0.3) is 0 Å². The number of carbonyl (C=O) groups is 2. The molecule has 19 heavy (non-hydrogen) atoms. The topological polar surface area (TPSA) is 52.6 Å². The Hall–Kier alpha value is -0.740. The largest absolute Gasteiger partial charge is 0.465 e. The van der Waals surface area contributed by atoms with Gasteiger partial charge in [-0.2, -0.15) is 0 Å². The van der Waals surface area contributed by atoms with E-state index in [9.17, 15) is 9.59 Å². The van der Waals surface area contributed by atoms with Crippen LogP contribution >= 0.6 is 23.2 Å². The van der Waals surface area contributed by atoms with E-state index in [0.29, 0.717) is 0 Å². The maximum absolute atomic E-state index is 12.2. The summed E-state index contributed by atoms with van der Waals surface area (Å²) in [5.74, 6) is -1.67. The molecule has 0 aromatic heterocycles. The van der Waals surface area contributed by atoms with E-state index in [0.717, 1.165) is 0 Å². The molecule has 110 valence electrons. The van der Waals surface area contributed by atoms with E-state index in [1.807, 2.05) is 0 Å². The molecule has 0 bridgehead atoms. The van der Waals surface area contributed by atoms with Crippen LogP contribution in [0.3, 0.4) is 0 Å². The van der Waals surface area contributed by atoms with E-state index in [2.05, 4.69) is 0 Å². The van der Waals surface area contributed by atoms with Crippen LogP contribution in [0.15, 0.2) is 12.2 Å². The van der Waals surface area contributed by atoms with Gasteiger partial charge in [-0.25, -0.2) is 0 Å². The van der Waals surface area contributed by atoms with Crippen molar-refractivity contribution in [2.45, 2.75) is 32.5 Å². The molecule has 0 aliphatic heterocycles. The van der Waals surface area contributed by atoms with Crippen LogP contribution in [0.2, 0.25) is 0 Å². The first kappa shape index (κ1) is 18.3. The number of ether oxygens (including phenoxy) is 2. The molecule has 0 aromatic rings. The first-order valence-electron chi connectivity index (χ1n) is 6.14. The molecular formula is C13H20Cl2O4. The zero-order valence-corrected chi connectivity index (χ0v) is 13.1. The van der Waals surface area contributed by atoms with Crippen LogP contribution in [0, 0.1) is 11.3 Å². The van der Waals surface area contributed by atoms with Crippen molar-refractivity contribution < 1.29 is 19.1 Å². The Morgan fingerprint density at radius 2 is 1.53 bits per heavy atom. The summed E-state index contributed by atoms with van der Waals surface area (Å²) < 4.78 is 9.98. The maximum atomic E-state index is 12.2. The number of allylic oxidation sites excluding steroid dienone is 1. The van der Waals surface area contributed by atoms with Crippen LogP contribution in [0.5, 0.6) is 0 Å². The fourth-order valence-electron chi connectivity index (χ4n) is 1.61. The fourth-order valence-corrected chi connectivity index (χ4v) is 1.75. The average molecular weight is 311 g/mol. The molecular weight excluding hydrogens is 291 g/mol. The first-order chi connectivity index (χ1) is 8.82. The van der Waals surface area contributed by atoms with E-state index in [4.69, 9.17) is 32.7 Å². The molecule has 0 heterocycles. The predicted octanol–water partition coefficient (Wildman–Crippen LogP) is 3.11. The molecule has 0 rings (SSSR count). The highest BCUT2D eigenvalue weighted by molar-refractivity contribution is 6.45. The quantitative estimate of drug-likeness (QED) is 0.314. The lowest BCUT2D eigenvalue weighted by Gasteiger charge is -2.29. The highest BCUT2D eigenvalue weighted by Gasteiger charge is 2.49. The average Bonchev–Trinajstić information content (AvgIpc) is 2.29. The van der Waals surface area contributed by atoms with Crippen LogP contribution in [0.1, 0.15) is 27.7 Å². The van der Waals surface area contributed by atoms with Gasteiger partial charge in [0.15, 0.2) is 5.41 Å². The minimum Gasteiger partial charge on any atom is -0.465 e. The lowest BCUT2D eigenvalue weighted by Crippen LogP contribution is -2.44. The third kappa shape index (κ3) is 4.69. The van der Waals surface area contributed by atoms with Crippen molar-refractivity contribution in [1.82, 2.24) is 0 Å². The molecule has 0 saturated heterocycles. The standard InChI is InChI=1S/C13H20Cl2O4/c1-5-18-11(16)13(9(3)4,8-7-10(14)15)12(17)19-6-2/h7-10H,5-6H2,1-4H3. The van der Waals surface area contributed by atoms with Crippen molar-refractivity contribution in [3.8, 4) is 0 Å². The van der Waals surface area contributed by atoms with Crippen molar-refractivity contribution in [2.24, 2.45) is 11.3 Å². The first-order valence-corrected chi connectivity index (χ1v) is 7.02. The zero-order valence-electron chi connectivity index (χ0n) is 11.6. The molecule has 0 N–H and O–H groups in total. The summed E-state index contributed by atoms with van der Waals surface area (Å²) in [6.07, 6.45) is 2.75. The van der Waals surface area contributed by atoms with Gasteiger partial charge in [-0.3, -0.25) is 9.59 Å². The van der Waals surface area contributed by atoms with Gasteiger partial charge < -0.3 is 9.47 Å². The van der Waals surface area contributed by atoms with E-state index >= 15 is 0 Å². The summed E-state index contributed by atoms with van der Waals surface area (Å²) in [7, 11) is 0. The minimum absolute atomic E-state index is 0.172. The SMILES string of the molecule is CCOC(=O)C(C=CC(Cl)Cl)(C(=O)OCC)C(C)C. The van der Waals surface area contributed by atoms with Crippen LogP contribution in [0.4, 0.5) is 0 Å². The number of esters is 2. The molecule has 6 heteroatoms. The van der Waals surface area contributed by atoms with Gasteiger partial charge in [-0.1, -0.05) is 26.0 Å². The van der Waals surface area contributed by atoms with Crippen LogP contribution < -0.4 is 0 Å². The molecule has 0 aliphatic rings. The van der Waals surface area contributed by atoms with Gasteiger partial charge in [0, 0.05) is 0 Å². The van der Waals surface area contributed by atoms with Crippen LogP contribution in [-0.2, 0) is 19.1 Å². The smallest absolute Gasteiger partial charge is 0.327 e. The Balaban J connectivity index is 5.60. The number of alkyl halides is 2. The van der Waals surface area contributed by atoms with Gasteiger partial charge in [0.1, 0.15) is 4.84 Å². The van der Waals surface area contributed by atoms with Crippen molar-refractivity contribution in [3.63, 3.8) is 0 Å². The number of hydrogen-bond donors (Lipinski definition) is 0. The summed E-state index contributed by atoms with van der Waals surface area (Å²) >= 11 is 11.3.